The van der Waals surface area contributed by atoms with Gasteiger partial charge in [-0.3, -0.25) is 4.90 Å². The van der Waals surface area contributed by atoms with Gasteiger partial charge in [-0.1, -0.05) is 34.8 Å². The quantitative estimate of drug-likeness (QED) is 0.796. The fraction of sp³-hybridized carbons (Fsp3) is 0.714. The molecular weight excluding hydrogens is 268 g/mol. The number of carbonyl (C=O) groups excluding carboxylic acids is 1. The van der Waals surface area contributed by atoms with E-state index in [1.54, 1.807) is 0 Å². The lowest BCUT2D eigenvalue weighted by Crippen LogP contribution is -2.55. The Bertz CT molecular complexity index is 273. The van der Waals surface area contributed by atoms with E-state index in [0.717, 1.165) is 4.90 Å². The third-order valence-electron chi connectivity index (χ3n) is 1.95. The summed E-state index contributed by atoms with van der Waals surface area (Å²) in [7, 11) is 0. The van der Waals surface area contributed by atoms with E-state index in [9.17, 15) is 9.59 Å². The van der Waals surface area contributed by atoms with Gasteiger partial charge in [0.05, 0.1) is 0 Å². The molecule has 1 amide bonds. The summed E-state index contributed by atoms with van der Waals surface area (Å²) in [5, 5.41) is 8.66. The van der Waals surface area contributed by atoms with Crippen LogP contribution in [0, 0.1) is 0 Å². The van der Waals surface area contributed by atoms with Crippen molar-refractivity contribution in [1.29, 1.82) is 0 Å². The highest BCUT2D eigenvalue weighted by molar-refractivity contribution is 6.48. The van der Waals surface area contributed by atoms with Crippen LogP contribution in [0.1, 0.15) is 6.42 Å². The molecular formula is C7H8Cl3NO4. The Balaban J connectivity index is 2.44. The average molecular weight is 277 g/mol. The van der Waals surface area contributed by atoms with Crippen LogP contribution >= 0.6 is 34.8 Å². The highest BCUT2D eigenvalue weighted by Crippen LogP contribution is 2.22. The first-order valence-corrected chi connectivity index (χ1v) is 5.36. The van der Waals surface area contributed by atoms with Gasteiger partial charge in [0.2, 0.25) is 5.56 Å². The van der Waals surface area contributed by atoms with E-state index >= 15 is 0 Å². The van der Waals surface area contributed by atoms with Crippen LogP contribution < -0.4 is 0 Å². The Morgan fingerprint density at radius 1 is 1.40 bits per heavy atom. The molecule has 2 unspecified atom stereocenters. The standard InChI is InChI=1S/C7H8Cl3NO4/c8-4(9)5(10)15-7(14)11-2-1-3(11)6(12)13/h3-5H,1-2H2,(H,12,13). The van der Waals surface area contributed by atoms with Gasteiger partial charge in [-0.05, 0) is 6.42 Å². The van der Waals surface area contributed by atoms with Crippen LogP contribution in [0.25, 0.3) is 0 Å². The molecule has 1 N–H and O–H groups in total. The molecule has 15 heavy (non-hydrogen) atoms. The van der Waals surface area contributed by atoms with Crippen molar-refractivity contribution in [3.05, 3.63) is 0 Å². The number of halogens is 3. The van der Waals surface area contributed by atoms with E-state index in [4.69, 9.17) is 39.9 Å². The van der Waals surface area contributed by atoms with Crippen LogP contribution in [-0.4, -0.2) is 45.1 Å². The number of alkyl halides is 3. The Labute approximate surface area is 101 Å². The maximum atomic E-state index is 11.3. The van der Waals surface area contributed by atoms with Crippen molar-refractivity contribution in [2.45, 2.75) is 22.9 Å². The zero-order valence-electron chi connectivity index (χ0n) is 7.40. The van der Waals surface area contributed by atoms with Crippen molar-refractivity contribution in [2.75, 3.05) is 6.54 Å². The molecule has 1 heterocycles. The van der Waals surface area contributed by atoms with Gasteiger partial charge in [0.15, 0.2) is 4.84 Å². The first kappa shape index (κ1) is 12.7. The predicted molar refractivity (Wildman–Crippen MR) is 54.4 cm³/mol. The molecule has 8 heteroatoms. The summed E-state index contributed by atoms with van der Waals surface area (Å²) in [5.74, 6) is -1.07. The van der Waals surface area contributed by atoms with E-state index in [2.05, 4.69) is 4.74 Å². The fourth-order valence-corrected chi connectivity index (χ4v) is 1.26. The number of hydrogen-bond acceptors (Lipinski definition) is 3. The maximum absolute atomic E-state index is 11.3. The van der Waals surface area contributed by atoms with Gasteiger partial charge in [-0.25, -0.2) is 9.59 Å². The van der Waals surface area contributed by atoms with Gasteiger partial charge in [0, 0.05) is 6.54 Å². The molecule has 2 atom stereocenters. The summed E-state index contributed by atoms with van der Waals surface area (Å²) >= 11 is 16.2. The molecule has 1 saturated heterocycles. The van der Waals surface area contributed by atoms with Gasteiger partial charge < -0.3 is 9.84 Å². The molecule has 0 aromatic heterocycles. The lowest BCUT2D eigenvalue weighted by molar-refractivity contribution is -0.147. The van der Waals surface area contributed by atoms with Crippen LogP contribution in [0.3, 0.4) is 0 Å². The van der Waals surface area contributed by atoms with Gasteiger partial charge in [-0.15, -0.1) is 0 Å². The molecule has 0 bridgehead atoms. The first-order chi connectivity index (χ1) is 6.93. The number of carboxylic acid groups (broad SMARTS) is 1. The molecule has 0 spiro atoms. The van der Waals surface area contributed by atoms with E-state index in [0.29, 0.717) is 13.0 Å². The van der Waals surface area contributed by atoms with Gasteiger partial charge in [-0.2, -0.15) is 0 Å². The molecule has 1 aliphatic rings. The van der Waals surface area contributed by atoms with Gasteiger partial charge in [0.1, 0.15) is 6.04 Å². The zero-order valence-corrected chi connectivity index (χ0v) is 9.67. The molecule has 0 aromatic carbocycles. The number of ether oxygens (including phenoxy) is 1. The molecule has 0 aromatic rings. The highest BCUT2D eigenvalue weighted by Gasteiger charge is 2.39. The van der Waals surface area contributed by atoms with E-state index < -0.39 is 28.5 Å². The summed E-state index contributed by atoms with van der Waals surface area (Å²) < 4.78 is 4.62. The minimum Gasteiger partial charge on any atom is -0.480 e. The van der Waals surface area contributed by atoms with E-state index in [1.807, 2.05) is 0 Å². The first-order valence-electron chi connectivity index (χ1n) is 4.05. The maximum Gasteiger partial charge on any atom is 0.412 e. The molecule has 1 aliphatic heterocycles. The largest absolute Gasteiger partial charge is 0.480 e. The summed E-state index contributed by atoms with van der Waals surface area (Å²) in [4.78, 5) is 21.9. The van der Waals surface area contributed by atoms with Crippen molar-refractivity contribution in [1.82, 2.24) is 4.90 Å². The Morgan fingerprint density at radius 3 is 2.33 bits per heavy atom. The van der Waals surface area contributed by atoms with E-state index in [1.165, 1.54) is 0 Å². The molecule has 86 valence electrons. The second-order valence-electron chi connectivity index (χ2n) is 2.91. The number of carbonyl (C=O) groups is 2. The Kier molecular flexibility index (Phi) is 4.31. The fourth-order valence-electron chi connectivity index (χ4n) is 1.08. The molecule has 0 radical (unpaired) electrons. The number of amides is 1. The molecule has 1 fully saturated rings. The Morgan fingerprint density at radius 2 is 2.00 bits per heavy atom. The normalized spacial score (nSPS) is 22.1. The lowest BCUT2D eigenvalue weighted by atomic mass is 10.1. The summed E-state index contributed by atoms with van der Waals surface area (Å²) in [6.07, 6.45) is -0.414. The van der Waals surface area contributed by atoms with Crippen molar-refractivity contribution in [3.63, 3.8) is 0 Å². The average Bonchev–Trinajstić information content (AvgIpc) is 1.99. The minimum absolute atomic E-state index is 0.328. The number of likely N-dealkylation sites (tertiary alicyclic amines) is 1. The minimum atomic E-state index is -1.18. The summed E-state index contributed by atoms with van der Waals surface area (Å²) in [6, 6.07) is -0.842. The summed E-state index contributed by atoms with van der Waals surface area (Å²) in [6.45, 7) is 0.328. The highest BCUT2D eigenvalue weighted by atomic mass is 35.5. The topological polar surface area (TPSA) is 66.8 Å². The second-order valence-corrected chi connectivity index (χ2v) is 4.50. The van der Waals surface area contributed by atoms with Crippen LogP contribution in [-0.2, 0) is 9.53 Å². The monoisotopic (exact) mass is 275 g/mol. The number of hydrogen-bond donors (Lipinski definition) is 1. The number of aliphatic carboxylic acids is 1. The van der Waals surface area contributed by atoms with Gasteiger partial charge >= 0.3 is 12.1 Å². The molecule has 5 nitrogen and oxygen atoms in total. The third kappa shape index (κ3) is 3.03. The third-order valence-corrected chi connectivity index (χ3v) is 3.01. The van der Waals surface area contributed by atoms with Crippen molar-refractivity contribution < 1.29 is 19.4 Å². The lowest BCUT2D eigenvalue weighted by Gasteiger charge is -2.37. The van der Waals surface area contributed by atoms with Crippen LogP contribution in [0.15, 0.2) is 0 Å². The smallest absolute Gasteiger partial charge is 0.412 e. The van der Waals surface area contributed by atoms with Crippen LogP contribution in [0.2, 0.25) is 0 Å². The van der Waals surface area contributed by atoms with Crippen LogP contribution in [0.4, 0.5) is 4.79 Å². The van der Waals surface area contributed by atoms with Crippen molar-refractivity contribution in [3.8, 4) is 0 Å². The molecule has 0 saturated carbocycles. The summed E-state index contributed by atoms with van der Waals surface area (Å²) in [5.41, 5.74) is -1.18. The predicted octanol–water partition coefficient (Wildman–Crippen LogP) is 1.65. The zero-order chi connectivity index (χ0) is 11.6. The number of rotatable bonds is 3. The van der Waals surface area contributed by atoms with Crippen molar-refractivity contribution in [2.24, 2.45) is 0 Å². The molecule has 1 rings (SSSR count). The number of nitrogens with zero attached hydrogens (tertiary/aromatic N) is 1. The van der Waals surface area contributed by atoms with E-state index in [-0.39, 0.29) is 0 Å². The molecule has 0 aliphatic carbocycles. The number of carboxylic acids is 1. The SMILES string of the molecule is O=C(O)C1CCN1C(=O)OC(Cl)C(Cl)Cl. The second kappa shape index (κ2) is 5.09. The van der Waals surface area contributed by atoms with Gasteiger partial charge in [0.25, 0.3) is 0 Å². The van der Waals surface area contributed by atoms with Crippen LogP contribution in [0.5, 0.6) is 0 Å². The van der Waals surface area contributed by atoms with Crippen molar-refractivity contribution >= 4 is 46.9 Å². The Hall–Kier alpha value is -0.390.